The Kier molecular flexibility index (Phi) is 4.74. The summed E-state index contributed by atoms with van der Waals surface area (Å²) in [6.07, 6.45) is 0. The van der Waals surface area contributed by atoms with Crippen LogP contribution in [-0.2, 0) is 4.79 Å². The third-order valence-corrected chi connectivity index (χ3v) is 2.81. The molecule has 0 spiro atoms. The van der Waals surface area contributed by atoms with Crippen LogP contribution in [0.2, 0.25) is 0 Å². The van der Waals surface area contributed by atoms with Crippen LogP contribution < -0.4 is 10.7 Å². The molecule has 2 N–H and O–H groups in total. The third-order valence-electron chi connectivity index (χ3n) is 2.55. The van der Waals surface area contributed by atoms with Crippen molar-refractivity contribution < 1.29 is 4.79 Å². The van der Waals surface area contributed by atoms with Gasteiger partial charge in [-0.1, -0.05) is 47.5 Å². The standard InChI is InChI=1S/C15H14ClN3O/c1-11-7-9-13(10-8-11)18-19-14(16)15(20)17-12-5-3-2-4-6-12/h2-10,18H,1H3,(H,17,20). The number of benzene rings is 2. The summed E-state index contributed by atoms with van der Waals surface area (Å²) in [4.78, 5) is 11.8. The molecule has 2 rings (SSSR count). The molecule has 0 unspecified atom stereocenters. The van der Waals surface area contributed by atoms with Crippen molar-refractivity contribution in [1.29, 1.82) is 0 Å². The first-order valence-corrected chi connectivity index (χ1v) is 6.45. The van der Waals surface area contributed by atoms with Gasteiger partial charge >= 0.3 is 0 Å². The van der Waals surface area contributed by atoms with Crippen molar-refractivity contribution in [3.63, 3.8) is 0 Å². The highest BCUT2D eigenvalue weighted by Crippen LogP contribution is 2.09. The number of carbonyl (C=O) groups is 1. The lowest BCUT2D eigenvalue weighted by Crippen LogP contribution is -2.19. The number of halogens is 1. The van der Waals surface area contributed by atoms with Crippen molar-refractivity contribution in [2.75, 3.05) is 10.7 Å². The van der Waals surface area contributed by atoms with Gasteiger partial charge in [-0.25, -0.2) is 0 Å². The van der Waals surface area contributed by atoms with Gasteiger partial charge in [0.05, 0.1) is 5.69 Å². The van der Waals surface area contributed by atoms with Crippen LogP contribution >= 0.6 is 11.6 Å². The second-order valence-corrected chi connectivity index (χ2v) is 4.56. The van der Waals surface area contributed by atoms with Crippen LogP contribution in [0.1, 0.15) is 5.56 Å². The number of rotatable bonds is 4. The number of para-hydroxylation sites is 1. The monoisotopic (exact) mass is 287 g/mol. The van der Waals surface area contributed by atoms with E-state index in [9.17, 15) is 4.79 Å². The van der Waals surface area contributed by atoms with E-state index < -0.39 is 5.91 Å². The van der Waals surface area contributed by atoms with Gasteiger partial charge in [-0.2, -0.15) is 5.10 Å². The zero-order chi connectivity index (χ0) is 14.4. The van der Waals surface area contributed by atoms with Crippen LogP contribution in [0.4, 0.5) is 11.4 Å². The Morgan fingerprint density at radius 3 is 2.30 bits per heavy atom. The number of hydrogen-bond donors (Lipinski definition) is 2. The van der Waals surface area contributed by atoms with Crippen LogP contribution in [0, 0.1) is 6.92 Å². The van der Waals surface area contributed by atoms with Gasteiger partial charge in [-0.3, -0.25) is 10.2 Å². The first-order chi connectivity index (χ1) is 9.65. The molecule has 4 nitrogen and oxygen atoms in total. The molecule has 0 aliphatic rings. The number of amides is 1. The van der Waals surface area contributed by atoms with Crippen molar-refractivity contribution in [2.45, 2.75) is 6.92 Å². The molecule has 20 heavy (non-hydrogen) atoms. The number of nitrogens with zero attached hydrogens (tertiary/aromatic N) is 1. The van der Waals surface area contributed by atoms with Crippen LogP contribution in [0.25, 0.3) is 0 Å². The summed E-state index contributed by atoms with van der Waals surface area (Å²) in [5.41, 5.74) is 5.31. The highest BCUT2D eigenvalue weighted by atomic mass is 35.5. The molecular weight excluding hydrogens is 274 g/mol. The molecule has 0 bridgehead atoms. The number of hydrazone groups is 1. The number of nitrogens with one attached hydrogen (secondary N) is 2. The van der Waals surface area contributed by atoms with E-state index in [2.05, 4.69) is 15.8 Å². The minimum Gasteiger partial charge on any atom is -0.320 e. The molecular formula is C15H14ClN3O. The maximum absolute atomic E-state index is 11.8. The Bertz CT molecular complexity index is 609. The largest absolute Gasteiger partial charge is 0.320 e. The highest BCUT2D eigenvalue weighted by molar-refractivity contribution is 6.84. The first-order valence-electron chi connectivity index (χ1n) is 6.07. The van der Waals surface area contributed by atoms with E-state index in [4.69, 9.17) is 11.6 Å². The molecule has 2 aromatic carbocycles. The molecule has 0 fully saturated rings. The highest BCUT2D eigenvalue weighted by Gasteiger charge is 2.08. The predicted octanol–water partition coefficient (Wildman–Crippen LogP) is 3.60. The van der Waals surface area contributed by atoms with E-state index in [1.807, 2.05) is 49.4 Å². The molecule has 0 aliphatic heterocycles. The lowest BCUT2D eigenvalue weighted by atomic mass is 10.2. The molecule has 5 heteroatoms. The summed E-state index contributed by atoms with van der Waals surface area (Å²) in [5, 5.41) is 6.33. The number of hydrogen-bond acceptors (Lipinski definition) is 3. The van der Waals surface area contributed by atoms with Gasteiger partial charge in [0.25, 0.3) is 5.91 Å². The van der Waals surface area contributed by atoms with Crippen molar-refractivity contribution in [3.05, 3.63) is 60.2 Å². The Morgan fingerprint density at radius 1 is 1.00 bits per heavy atom. The topological polar surface area (TPSA) is 53.5 Å². The quantitative estimate of drug-likeness (QED) is 0.667. The molecule has 0 saturated carbocycles. The SMILES string of the molecule is Cc1ccc(NN=C(Cl)C(=O)Nc2ccccc2)cc1. The van der Waals surface area contributed by atoms with Crippen molar-refractivity contribution >= 4 is 34.1 Å². The van der Waals surface area contributed by atoms with Crippen LogP contribution in [-0.4, -0.2) is 11.1 Å². The van der Waals surface area contributed by atoms with Crippen molar-refractivity contribution in [2.24, 2.45) is 5.10 Å². The third kappa shape index (κ3) is 4.10. The average Bonchev–Trinajstić information content (AvgIpc) is 2.47. The maximum Gasteiger partial charge on any atom is 0.287 e. The van der Waals surface area contributed by atoms with Gasteiger partial charge < -0.3 is 5.32 Å². The van der Waals surface area contributed by atoms with Crippen LogP contribution in [0.15, 0.2) is 59.7 Å². The van der Waals surface area contributed by atoms with E-state index in [0.717, 1.165) is 11.3 Å². The van der Waals surface area contributed by atoms with Gasteiger partial charge in [0.2, 0.25) is 5.17 Å². The Labute approximate surface area is 122 Å². The molecule has 0 radical (unpaired) electrons. The number of aryl methyl sites for hydroxylation is 1. The van der Waals surface area contributed by atoms with E-state index in [1.54, 1.807) is 12.1 Å². The molecule has 1 amide bonds. The Hall–Kier alpha value is -2.33. The minimum atomic E-state index is -0.461. The zero-order valence-electron chi connectivity index (χ0n) is 10.9. The number of anilines is 2. The molecule has 0 heterocycles. The lowest BCUT2D eigenvalue weighted by Gasteiger charge is -2.04. The van der Waals surface area contributed by atoms with Gasteiger partial charge in [0.15, 0.2) is 0 Å². The zero-order valence-corrected chi connectivity index (χ0v) is 11.7. The van der Waals surface area contributed by atoms with E-state index in [0.29, 0.717) is 5.69 Å². The average molecular weight is 288 g/mol. The molecule has 2 aromatic rings. The van der Waals surface area contributed by atoms with Crippen molar-refractivity contribution in [1.82, 2.24) is 0 Å². The maximum atomic E-state index is 11.8. The first kappa shape index (κ1) is 14.1. The van der Waals surface area contributed by atoms with Gasteiger partial charge in [-0.15, -0.1) is 0 Å². The second-order valence-electron chi connectivity index (χ2n) is 4.20. The normalized spacial score (nSPS) is 11.0. The molecule has 0 atom stereocenters. The molecule has 0 saturated heterocycles. The van der Waals surface area contributed by atoms with Crippen molar-refractivity contribution in [3.8, 4) is 0 Å². The fraction of sp³-hybridized carbons (Fsp3) is 0.0667. The summed E-state index contributed by atoms with van der Waals surface area (Å²) in [5.74, 6) is -0.461. The minimum absolute atomic E-state index is 0.158. The molecule has 102 valence electrons. The Balaban J connectivity index is 1.96. The van der Waals surface area contributed by atoms with E-state index in [-0.39, 0.29) is 5.17 Å². The second kappa shape index (κ2) is 6.73. The summed E-state index contributed by atoms with van der Waals surface area (Å²) in [6, 6.07) is 16.7. The van der Waals surface area contributed by atoms with E-state index >= 15 is 0 Å². The summed E-state index contributed by atoms with van der Waals surface area (Å²) in [7, 11) is 0. The summed E-state index contributed by atoms with van der Waals surface area (Å²) >= 11 is 5.84. The molecule has 0 aliphatic carbocycles. The van der Waals surface area contributed by atoms with Crippen LogP contribution in [0.3, 0.4) is 0 Å². The smallest absolute Gasteiger partial charge is 0.287 e. The van der Waals surface area contributed by atoms with Crippen LogP contribution in [0.5, 0.6) is 0 Å². The van der Waals surface area contributed by atoms with Gasteiger partial charge in [0.1, 0.15) is 0 Å². The molecule has 0 aromatic heterocycles. The predicted molar refractivity (Wildman–Crippen MR) is 83.2 cm³/mol. The summed E-state index contributed by atoms with van der Waals surface area (Å²) < 4.78 is 0. The lowest BCUT2D eigenvalue weighted by molar-refractivity contribution is -0.110. The van der Waals surface area contributed by atoms with Gasteiger partial charge in [0, 0.05) is 5.69 Å². The van der Waals surface area contributed by atoms with E-state index in [1.165, 1.54) is 0 Å². The fourth-order valence-electron chi connectivity index (χ4n) is 1.50. The summed E-state index contributed by atoms with van der Waals surface area (Å²) in [6.45, 7) is 1.99. The fourth-order valence-corrected chi connectivity index (χ4v) is 1.59. The Morgan fingerprint density at radius 2 is 1.65 bits per heavy atom. The van der Waals surface area contributed by atoms with Gasteiger partial charge in [-0.05, 0) is 31.2 Å². The number of carbonyl (C=O) groups excluding carboxylic acids is 1.